The average Bonchev–Trinajstić information content (AvgIpc) is 2.80. The highest BCUT2D eigenvalue weighted by Crippen LogP contribution is 2.31. The summed E-state index contributed by atoms with van der Waals surface area (Å²) in [5.41, 5.74) is 3.96. The Morgan fingerprint density at radius 1 is 1.35 bits per heavy atom. The van der Waals surface area contributed by atoms with Gasteiger partial charge in [0.15, 0.2) is 0 Å². The van der Waals surface area contributed by atoms with E-state index in [1.54, 1.807) is 0 Å². The third-order valence-electron chi connectivity index (χ3n) is 3.53. The van der Waals surface area contributed by atoms with Gasteiger partial charge in [-0.25, -0.2) is 0 Å². The molecule has 0 aromatic heterocycles. The molecule has 1 N–H and O–H groups in total. The fraction of sp³-hybridized carbons (Fsp3) is 0.571. The Bertz CT molecular complexity index is 399. The van der Waals surface area contributed by atoms with Crippen LogP contribution in [0.1, 0.15) is 35.6 Å². The lowest BCUT2D eigenvalue weighted by molar-refractivity contribution is 0.0805. The summed E-state index contributed by atoms with van der Waals surface area (Å²) in [5, 5.41) is 3.41. The van der Waals surface area contributed by atoms with Crippen molar-refractivity contribution < 1.29 is 4.74 Å². The fourth-order valence-corrected chi connectivity index (χ4v) is 3.00. The quantitative estimate of drug-likeness (QED) is 0.922. The number of rotatable bonds is 3. The van der Waals surface area contributed by atoms with Gasteiger partial charge in [0.25, 0.3) is 0 Å². The lowest BCUT2D eigenvalue weighted by Crippen LogP contribution is -2.29. The zero-order chi connectivity index (χ0) is 12.4. The zero-order valence-electron chi connectivity index (χ0n) is 10.7. The van der Waals surface area contributed by atoms with Gasteiger partial charge in [-0.15, -0.1) is 0 Å². The van der Waals surface area contributed by atoms with E-state index >= 15 is 0 Å². The second-order valence-corrected chi connectivity index (χ2v) is 5.63. The van der Waals surface area contributed by atoms with Gasteiger partial charge in [0.1, 0.15) is 0 Å². The molecule has 1 aromatic carbocycles. The summed E-state index contributed by atoms with van der Waals surface area (Å²) in [6.07, 6.45) is 2.65. The number of hydrogen-bond donors (Lipinski definition) is 1. The van der Waals surface area contributed by atoms with Gasteiger partial charge in [0.2, 0.25) is 0 Å². The van der Waals surface area contributed by atoms with E-state index in [0.717, 1.165) is 13.0 Å². The van der Waals surface area contributed by atoms with Crippen molar-refractivity contribution in [1.82, 2.24) is 5.32 Å². The molecule has 2 nitrogen and oxygen atoms in total. The first-order chi connectivity index (χ1) is 8.13. The topological polar surface area (TPSA) is 21.3 Å². The molecule has 1 heterocycles. The van der Waals surface area contributed by atoms with Crippen LogP contribution in [0.25, 0.3) is 0 Å². The predicted octanol–water partition coefficient (Wildman–Crippen LogP) is 3.51. The van der Waals surface area contributed by atoms with E-state index in [1.165, 1.54) is 27.6 Å². The molecule has 3 heteroatoms. The van der Waals surface area contributed by atoms with Crippen LogP contribution in [0.15, 0.2) is 16.6 Å². The molecule has 94 valence electrons. The molecule has 0 bridgehead atoms. The Morgan fingerprint density at radius 3 is 2.71 bits per heavy atom. The molecule has 1 aromatic rings. The molecule has 1 aliphatic heterocycles. The number of halogens is 1. The summed E-state index contributed by atoms with van der Waals surface area (Å²) < 4.78 is 6.99. The second-order valence-electron chi connectivity index (χ2n) is 4.78. The maximum absolute atomic E-state index is 5.81. The average molecular weight is 298 g/mol. The summed E-state index contributed by atoms with van der Waals surface area (Å²) in [6.45, 7) is 5.20. The number of benzene rings is 1. The van der Waals surface area contributed by atoms with Crippen molar-refractivity contribution in [3.63, 3.8) is 0 Å². The largest absolute Gasteiger partial charge is 0.376 e. The van der Waals surface area contributed by atoms with Gasteiger partial charge in [-0.1, -0.05) is 22.0 Å². The highest BCUT2D eigenvalue weighted by atomic mass is 79.9. The lowest BCUT2D eigenvalue weighted by Gasteiger charge is -2.25. The summed E-state index contributed by atoms with van der Waals surface area (Å²) in [5.74, 6) is 0. The molecule has 1 fully saturated rings. The van der Waals surface area contributed by atoms with E-state index in [0.29, 0.717) is 12.1 Å². The Morgan fingerprint density at radius 2 is 2.12 bits per heavy atom. The van der Waals surface area contributed by atoms with Crippen molar-refractivity contribution >= 4 is 15.9 Å². The van der Waals surface area contributed by atoms with E-state index in [-0.39, 0.29) is 0 Å². The van der Waals surface area contributed by atoms with Gasteiger partial charge in [0.05, 0.1) is 12.1 Å². The Hall–Kier alpha value is -0.380. The predicted molar refractivity (Wildman–Crippen MR) is 74.4 cm³/mol. The van der Waals surface area contributed by atoms with Crippen molar-refractivity contribution in [2.24, 2.45) is 0 Å². The summed E-state index contributed by atoms with van der Waals surface area (Å²) in [7, 11) is 2.02. The molecule has 0 amide bonds. The maximum Gasteiger partial charge on any atom is 0.0770 e. The Kier molecular flexibility index (Phi) is 4.23. The first-order valence-corrected chi connectivity index (χ1v) is 6.98. The second kappa shape index (κ2) is 5.51. The number of ether oxygens (including phenoxy) is 1. The van der Waals surface area contributed by atoms with Crippen LogP contribution in [0, 0.1) is 13.8 Å². The summed E-state index contributed by atoms with van der Waals surface area (Å²) in [4.78, 5) is 0. The van der Waals surface area contributed by atoms with Crippen LogP contribution in [0.4, 0.5) is 0 Å². The summed E-state index contributed by atoms with van der Waals surface area (Å²) >= 11 is 3.58. The van der Waals surface area contributed by atoms with Crippen molar-refractivity contribution in [2.45, 2.75) is 38.8 Å². The molecule has 17 heavy (non-hydrogen) atoms. The van der Waals surface area contributed by atoms with Gasteiger partial charge >= 0.3 is 0 Å². The summed E-state index contributed by atoms with van der Waals surface area (Å²) in [6, 6.07) is 4.77. The molecule has 0 spiro atoms. The van der Waals surface area contributed by atoms with Crippen molar-refractivity contribution in [2.75, 3.05) is 13.7 Å². The molecule has 0 saturated carbocycles. The Labute approximate surface area is 112 Å². The fourth-order valence-electron chi connectivity index (χ4n) is 2.55. The molecule has 0 aliphatic carbocycles. The number of aryl methyl sites for hydroxylation is 2. The minimum absolute atomic E-state index is 0.310. The molecular weight excluding hydrogens is 278 g/mol. The van der Waals surface area contributed by atoms with Gasteiger partial charge in [-0.3, -0.25) is 0 Å². The minimum Gasteiger partial charge on any atom is -0.376 e. The van der Waals surface area contributed by atoms with Crippen LogP contribution in [0.3, 0.4) is 0 Å². The number of nitrogens with one attached hydrogen (secondary N) is 1. The van der Waals surface area contributed by atoms with Crippen LogP contribution < -0.4 is 5.32 Å². The first kappa shape index (κ1) is 13.1. The van der Waals surface area contributed by atoms with Crippen LogP contribution in [0.2, 0.25) is 0 Å². The molecule has 0 radical (unpaired) electrons. The molecule has 2 atom stereocenters. The van der Waals surface area contributed by atoms with E-state index < -0.39 is 0 Å². The highest BCUT2D eigenvalue weighted by Gasteiger charge is 2.27. The number of likely N-dealkylation sites (N-methyl/N-ethyl adjacent to an activating group) is 1. The third-order valence-corrected chi connectivity index (χ3v) is 4.38. The number of hydrogen-bond acceptors (Lipinski definition) is 2. The van der Waals surface area contributed by atoms with Crippen molar-refractivity contribution in [1.29, 1.82) is 0 Å². The van der Waals surface area contributed by atoms with Crippen LogP contribution in [-0.2, 0) is 4.74 Å². The van der Waals surface area contributed by atoms with Gasteiger partial charge in [-0.2, -0.15) is 0 Å². The van der Waals surface area contributed by atoms with Gasteiger partial charge < -0.3 is 10.1 Å². The van der Waals surface area contributed by atoms with Gasteiger partial charge in [0, 0.05) is 11.1 Å². The van der Waals surface area contributed by atoms with Crippen molar-refractivity contribution in [3.8, 4) is 0 Å². The molecular formula is C14H20BrNO. The van der Waals surface area contributed by atoms with Crippen molar-refractivity contribution in [3.05, 3.63) is 33.3 Å². The highest BCUT2D eigenvalue weighted by molar-refractivity contribution is 9.10. The normalized spacial score (nSPS) is 21.8. The third kappa shape index (κ3) is 2.72. The smallest absolute Gasteiger partial charge is 0.0770 e. The van der Waals surface area contributed by atoms with Crippen LogP contribution in [-0.4, -0.2) is 19.8 Å². The van der Waals surface area contributed by atoms with Gasteiger partial charge in [-0.05, 0) is 56.5 Å². The van der Waals surface area contributed by atoms with E-state index in [9.17, 15) is 0 Å². The SMILES string of the molecule is CNC(c1cc(C)c(Br)cc1C)C1CCCO1. The Balaban J connectivity index is 2.32. The standard InChI is InChI=1S/C14H20BrNO/c1-9-8-12(15)10(2)7-11(9)14(16-3)13-5-4-6-17-13/h7-8,13-14,16H,4-6H2,1-3H3. The zero-order valence-corrected chi connectivity index (χ0v) is 12.3. The molecule has 2 rings (SSSR count). The van der Waals surface area contributed by atoms with Crippen LogP contribution in [0.5, 0.6) is 0 Å². The molecule has 2 unspecified atom stereocenters. The molecule has 1 saturated heterocycles. The maximum atomic E-state index is 5.81. The molecule has 1 aliphatic rings. The van der Waals surface area contributed by atoms with Crippen LogP contribution >= 0.6 is 15.9 Å². The van der Waals surface area contributed by atoms with E-state index in [1.807, 2.05) is 7.05 Å². The first-order valence-electron chi connectivity index (χ1n) is 6.19. The monoisotopic (exact) mass is 297 g/mol. The lowest BCUT2D eigenvalue weighted by atomic mass is 9.94. The minimum atomic E-state index is 0.310. The van der Waals surface area contributed by atoms with E-state index in [2.05, 4.69) is 47.2 Å². The van der Waals surface area contributed by atoms with E-state index in [4.69, 9.17) is 4.74 Å².